The topological polar surface area (TPSA) is 89.0 Å². The average Bonchev–Trinajstić information content (AvgIpc) is 2.54. The van der Waals surface area contributed by atoms with Crippen LogP contribution in [0.5, 0.6) is 0 Å². The van der Waals surface area contributed by atoms with E-state index in [4.69, 9.17) is 0 Å². The molecule has 0 aliphatic carbocycles. The average molecular weight is 333 g/mol. The number of nitrogens with zero attached hydrogens (tertiary/aromatic N) is 2. The Hall–Kier alpha value is -2.28. The normalized spacial score (nSPS) is 12.6. The highest BCUT2D eigenvalue weighted by molar-refractivity contribution is 7.90. The zero-order chi connectivity index (χ0) is 16.9. The molecule has 0 aliphatic heterocycles. The molecular weight excluding hydrogens is 314 g/mol. The van der Waals surface area contributed by atoms with Gasteiger partial charge in [-0.2, -0.15) is 0 Å². The van der Waals surface area contributed by atoms with Crippen LogP contribution in [0.25, 0.3) is 0 Å². The maximum absolute atomic E-state index is 12.3. The van der Waals surface area contributed by atoms with E-state index in [0.29, 0.717) is 17.5 Å². The van der Waals surface area contributed by atoms with Crippen molar-refractivity contribution in [3.8, 4) is 0 Å². The lowest BCUT2D eigenvalue weighted by atomic mass is 10.0. The lowest BCUT2D eigenvalue weighted by Gasteiger charge is -2.19. The molecule has 0 spiro atoms. The maximum Gasteiger partial charge on any atom is 0.251 e. The lowest BCUT2D eigenvalue weighted by molar-refractivity contribution is 0.0934. The molecule has 0 bridgehead atoms. The SMILES string of the molecule is CCC[C@H](NC(=O)c1ccncc1)c1cncc(S(C)(=O)=O)c1. The van der Waals surface area contributed by atoms with Crippen LogP contribution in [-0.2, 0) is 9.84 Å². The second kappa shape index (κ2) is 7.32. The molecule has 0 aliphatic rings. The smallest absolute Gasteiger partial charge is 0.251 e. The molecule has 1 N–H and O–H groups in total. The summed E-state index contributed by atoms with van der Waals surface area (Å²) in [6.07, 6.45) is 8.66. The molecule has 0 fully saturated rings. The molecule has 23 heavy (non-hydrogen) atoms. The zero-order valence-corrected chi connectivity index (χ0v) is 13.9. The number of nitrogens with one attached hydrogen (secondary N) is 1. The van der Waals surface area contributed by atoms with Crippen molar-refractivity contribution in [1.29, 1.82) is 0 Å². The molecule has 0 aromatic carbocycles. The second-order valence-corrected chi connectivity index (χ2v) is 7.29. The maximum atomic E-state index is 12.3. The fraction of sp³-hybridized carbons (Fsp3) is 0.312. The van der Waals surface area contributed by atoms with Gasteiger partial charge in [0.2, 0.25) is 0 Å². The first-order valence-corrected chi connectivity index (χ1v) is 9.17. The van der Waals surface area contributed by atoms with Crippen LogP contribution in [0.4, 0.5) is 0 Å². The number of aromatic nitrogens is 2. The van der Waals surface area contributed by atoms with Crippen LogP contribution in [0.15, 0.2) is 47.9 Å². The van der Waals surface area contributed by atoms with E-state index in [9.17, 15) is 13.2 Å². The van der Waals surface area contributed by atoms with Crippen LogP contribution in [-0.4, -0.2) is 30.5 Å². The Bertz CT molecular complexity index is 776. The van der Waals surface area contributed by atoms with Crippen LogP contribution < -0.4 is 5.32 Å². The van der Waals surface area contributed by atoms with Gasteiger partial charge in [0.15, 0.2) is 9.84 Å². The summed E-state index contributed by atoms with van der Waals surface area (Å²) < 4.78 is 23.3. The summed E-state index contributed by atoms with van der Waals surface area (Å²) >= 11 is 0. The van der Waals surface area contributed by atoms with Crippen LogP contribution >= 0.6 is 0 Å². The van der Waals surface area contributed by atoms with Crippen molar-refractivity contribution in [2.75, 3.05) is 6.26 Å². The van der Waals surface area contributed by atoms with E-state index in [2.05, 4.69) is 15.3 Å². The Balaban J connectivity index is 2.27. The van der Waals surface area contributed by atoms with Crippen molar-refractivity contribution in [2.24, 2.45) is 0 Å². The standard InChI is InChI=1S/C16H19N3O3S/c1-3-4-15(19-16(20)12-5-7-17-8-6-12)13-9-14(11-18-10-13)23(2,21)22/h5-11,15H,3-4H2,1-2H3,(H,19,20)/t15-/m0/s1. The molecule has 6 nitrogen and oxygen atoms in total. The van der Waals surface area contributed by atoms with Crippen molar-refractivity contribution >= 4 is 15.7 Å². The van der Waals surface area contributed by atoms with Gasteiger partial charge in [0, 0.05) is 36.6 Å². The number of sulfone groups is 1. The molecule has 2 aromatic rings. The van der Waals surface area contributed by atoms with Crippen LogP contribution in [0, 0.1) is 0 Å². The van der Waals surface area contributed by atoms with Gasteiger partial charge in [-0.1, -0.05) is 13.3 Å². The minimum atomic E-state index is -3.34. The minimum absolute atomic E-state index is 0.147. The predicted octanol–water partition coefficient (Wildman–Crippen LogP) is 2.15. The molecule has 2 rings (SSSR count). The number of carbonyl (C=O) groups is 1. The van der Waals surface area contributed by atoms with E-state index in [-0.39, 0.29) is 16.8 Å². The van der Waals surface area contributed by atoms with E-state index in [0.717, 1.165) is 12.7 Å². The highest BCUT2D eigenvalue weighted by Gasteiger charge is 2.17. The number of hydrogen-bond acceptors (Lipinski definition) is 5. The first-order valence-electron chi connectivity index (χ1n) is 7.27. The van der Waals surface area contributed by atoms with Gasteiger partial charge < -0.3 is 5.32 Å². The Morgan fingerprint density at radius 1 is 1.22 bits per heavy atom. The highest BCUT2D eigenvalue weighted by Crippen LogP contribution is 2.21. The van der Waals surface area contributed by atoms with Gasteiger partial charge in [0.25, 0.3) is 5.91 Å². The van der Waals surface area contributed by atoms with Crippen LogP contribution in [0.2, 0.25) is 0 Å². The third-order valence-electron chi connectivity index (χ3n) is 3.39. The summed E-state index contributed by atoms with van der Waals surface area (Å²) in [5.41, 5.74) is 1.19. The Morgan fingerprint density at radius 3 is 2.52 bits per heavy atom. The molecule has 0 unspecified atom stereocenters. The van der Waals surface area contributed by atoms with E-state index < -0.39 is 9.84 Å². The molecule has 0 saturated heterocycles. The first kappa shape index (κ1) is 17.1. The van der Waals surface area contributed by atoms with Crippen molar-refractivity contribution in [3.05, 3.63) is 54.1 Å². The molecule has 2 heterocycles. The fourth-order valence-corrected chi connectivity index (χ4v) is 2.79. The van der Waals surface area contributed by atoms with E-state index in [1.54, 1.807) is 36.8 Å². The summed E-state index contributed by atoms with van der Waals surface area (Å²) in [5.74, 6) is -0.226. The lowest BCUT2D eigenvalue weighted by Crippen LogP contribution is -2.28. The highest BCUT2D eigenvalue weighted by atomic mass is 32.2. The summed E-state index contributed by atoms with van der Waals surface area (Å²) in [5, 5.41) is 2.93. The summed E-state index contributed by atoms with van der Waals surface area (Å²) in [6.45, 7) is 2.00. The van der Waals surface area contributed by atoms with Crippen LogP contribution in [0.3, 0.4) is 0 Å². The van der Waals surface area contributed by atoms with Gasteiger partial charge in [0.1, 0.15) is 0 Å². The molecule has 2 aromatic heterocycles. The van der Waals surface area contributed by atoms with Gasteiger partial charge in [0.05, 0.1) is 10.9 Å². The van der Waals surface area contributed by atoms with Gasteiger partial charge in [-0.05, 0) is 30.2 Å². The quantitative estimate of drug-likeness (QED) is 0.875. The molecule has 0 saturated carbocycles. The third-order valence-corrected chi connectivity index (χ3v) is 4.47. The molecule has 7 heteroatoms. The van der Waals surface area contributed by atoms with Crippen molar-refractivity contribution < 1.29 is 13.2 Å². The van der Waals surface area contributed by atoms with Crippen molar-refractivity contribution in [1.82, 2.24) is 15.3 Å². The van der Waals surface area contributed by atoms with Gasteiger partial charge in [-0.25, -0.2) is 8.42 Å². The largest absolute Gasteiger partial charge is 0.345 e. The summed E-state index contributed by atoms with van der Waals surface area (Å²) in [4.78, 5) is 20.3. The number of carbonyl (C=O) groups excluding carboxylic acids is 1. The summed E-state index contributed by atoms with van der Waals surface area (Å²) in [6, 6.07) is 4.53. The van der Waals surface area contributed by atoms with Crippen molar-refractivity contribution in [3.63, 3.8) is 0 Å². The molecule has 1 atom stereocenters. The third kappa shape index (κ3) is 4.59. The van der Waals surface area contributed by atoms with E-state index in [1.165, 1.54) is 6.20 Å². The number of amides is 1. The monoisotopic (exact) mass is 333 g/mol. The van der Waals surface area contributed by atoms with Crippen molar-refractivity contribution in [2.45, 2.75) is 30.7 Å². The number of rotatable bonds is 6. The van der Waals surface area contributed by atoms with E-state index >= 15 is 0 Å². The minimum Gasteiger partial charge on any atom is -0.345 e. The van der Waals surface area contributed by atoms with Gasteiger partial charge >= 0.3 is 0 Å². The molecule has 122 valence electrons. The number of hydrogen-bond donors (Lipinski definition) is 1. The number of pyridine rings is 2. The van der Waals surface area contributed by atoms with Crippen LogP contribution in [0.1, 0.15) is 41.7 Å². The fourth-order valence-electron chi connectivity index (χ4n) is 2.18. The molecular formula is C16H19N3O3S. The van der Waals surface area contributed by atoms with Gasteiger partial charge in [-0.15, -0.1) is 0 Å². The predicted molar refractivity (Wildman–Crippen MR) is 86.7 cm³/mol. The molecule has 1 amide bonds. The second-order valence-electron chi connectivity index (χ2n) is 5.28. The summed E-state index contributed by atoms with van der Waals surface area (Å²) in [7, 11) is -3.34. The van der Waals surface area contributed by atoms with Gasteiger partial charge in [-0.3, -0.25) is 14.8 Å². The zero-order valence-electron chi connectivity index (χ0n) is 13.1. The molecule has 0 radical (unpaired) electrons. The van der Waals surface area contributed by atoms with E-state index in [1.807, 2.05) is 6.92 Å². The Labute approximate surface area is 135 Å². The first-order chi connectivity index (χ1) is 10.9. The Morgan fingerprint density at radius 2 is 1.91 bits per heavy atom. The Kier molecular flexibility index (Phi) is 5.44.